The van der Waals surface area contributed by atoms with E-state index in [-0.39, 0.29) is 40.0 Å². The fourth-order valence-corrected chi connectivity index (χ4v) is 5.14. The average Bonchev–Trinajstić information content (AvgIpc) is 3.43. The van der Waals surface area contributed by atoms with Gasteiger partial charge >= 0.3 is 18.2 Å². The summed E-state index contributed by atoms with van der Waals surface area (Å²) in [6, 6.07) is 5.74. The van der Waals surface area contributed by atoms with Crippen LogP contribution in [-0.2, 0) is 17.5 Å². The van der Waals surface area contributed by atoms with Crippen molar-refractivity contribution in [2.24, 2.45) is 0 Å². The Bertz CT molecular complexity index is 1710. The molecule has 2 amide bonds. The van der Waals surface area contributed by atoms with Crippen LogP contribution in [0.4, 0.5) is 23.8 Å². The second kappa shape index (κ2) is 12.9. The molecule has 10 nitrogen and oxygen atoms in total. The molecule has 0 atom stereocenters. The molecule has 0 spiro atoms. The molecule has 14 heteroatoms. The van der Waals surface area contributed by atoms with Crippen molar-refractivity contribution in [3.63, 3.8) is 0 Å². The molecule has 3 aromatic heterocycles. The minimum absolute atomic E-state index is 0.0424. The third-order valence-electron chi connectivity index (χ3n) is 6.26. The van der Waals surface area contributed by atoms with Crippen LogP contribution in [0.1, 0.15) is 36.8 Å². The molecular weight excluding hydrogens is 585 g/mol. The van der Waals surface area contributed by atoms with E-state index in [2.05, 4.69) is 20.6 Å². The van der Waals surface area contributed by atoms with Crippen molar-refractivity contribution in [3.8, 4) is 21.7 Å². The maximum atomic E-state index is 13.5. The number of hydrogen-bond acceptors (Lipinski definition) is 8. The maximum absolute atomic E-state index is 13.5. The van der Waals surface area contributed by atoms with E-state index >= 15 is 0 Å². The number of benzene rings is 1. The number of esters is 1. The Labute approximate surface area is 249 Å². The van der Waals surface area contributed by atoms with Crippen molar-refractivity contribution in [1.29, 1.82) is 0 Å². The quantitative estimate of drug-likeness (QED) is 0.239. The zero-order valence-electron chi connectivity index (χ0n) is 24.2. The van der Waals surface area contributed by atoms with Crippen LogP contribution in [0.5, 0.6) is 0 Å². The molecule has 2 N–H and O–H groups in total. The number of halogens is 3. The second-order valence-electron chi connectivity index (χ2n) is 10.2. The van der Waals surface area contributed by atoms with Gasteiger partial charge in [0.2, 0.25) is 5.43 Å². The number of nitrogens with one attached hydrogen (secondary N) is 2. The molecule has 228 valence electrons. The zero-order chi connectivity index (χ0) is 31.5. The number of rotatable bonds is 9. The Balaban J connectivity index is 1.90. The van der Waals surface area contributed by atoms with E-state index in [0.717, 1.165) is 16.7 Å². The minimum atomic E-state index is -4.65. The number of amides is 2. The third-order valence-corrected chi connectivity index (χ3v) is 7.14. The molecular formula is C29H31F3N6O4S. The number of fused-ring (bicyclic) bond motifs is 1. The Morgan fingerprint density at radius 3 is 2.53 bits per heavy atom. The van der Waals surface area contributed by atoms with E-state index in [9.17, 15) is 27.6 Å². The standard InChI is InChI=1S/C29H31F3N6O4S/c1-6-42-27(40)21-14-38(10-9-37(4)5)22-8-7-17(11-19(22)25(21)39)20-13-33-24(36-28(41)34-16(2)3)12-18(20)26-35-23(15-43-26)29(30,31)32/h7-8,11-16H,6,9-10H2,1-5H3,(H2,33,34,36,41). The van der Waals surface area contributed by atoms with E-state index in [1.807, 2.05) is 19.0 Å². The summed E-state index contributed by atoms with van der Waals surface area (Å²) >= 11 is 0.788. The number of thiazole rings is 1. The lowest BCUT2D eigenvalue weighted by Gasteiger charge is -2.17. The van der Waals surface area contributed by atoms with Crippen LogP contribution < -0.4 is 16.1 Å². The SMILES string of the molecule is CCOC(=O)c1cn(CCN(C)C)c2ccc(-c3cnc(NC(=O)NC(C)C)cc3-c3nc(C(F)(F)F)cs3)cc2c1=O. The highest BCUT2D eigenvalue weighted by Gasteiger charge is 2.34. The van der Waals surface area contributed by atoms with Crippen LogP contribution in [0, 0.1) is 0 Å². The van der Waals surface area contributed by atoms with Gasteiger partial charge in [0, 0.05) is 53.4 Å². The van der Waals surface area contributed by atoms with Gasteiger partial charge in [-0.2, -0.15) is 13.2 Å². The predicted octanol–water partition coefficient (Wildman–Crippen LogP) is 5.47. The summed E-state index contributed by atoms with van der Waals surface area (Å²) < 4.78 is 47.2. The van der Waals surface area contributed by atoms with Gasteiger partial charge in [0.15, 0.2) is 5.69 Å². The van der Waals surface area contributed by atoms with Crippen molar-refractivity contribution in [3.05, 3.63) is 63.5 Å². The largest absolute Gasteiger partial charge is 0.462 e. The van der Waals surface area contributed by atoms with Crippen LogP contribution in [0.2, 0.25) is 0 Å². The fraction of sp³-hybridized carbons (Fsp3) is 0.345. The molecule has 0 saturated carbocycles. The lowest BCUT2D eigenvalue weighted by atomic mass is 9.99. The minimum Gasteiger partial charge on any atom is -0.462 e. The number of alkyl halides is 3. The highest BCUT2D eigenvalue weighted by molar-refractivity contribution is 7.13. The molecule has 0 aliphatic rings. The van der Waals surface area contributed by atoms with Crippen molar-refractivity contribution in [2.45, 2.75) is 39.5 Å². The summed E-state index contributed by atoms with van der Waals surface area (Å²) in [4.78, 5) is 48.6. The van der Waals surface area contributed by atoms with Gasteiger partial charge in [0.1, 0.15) is 16.4 Å². The first-order chi connectivity index (χ1) is 20.3. The number of likely N-dealkylation sites (N-methyl/N-ethyl adjacent to an activating group) is 1. The fourth-order valence-electron chi connectivity index (χ4n) is 4.28. The Morgan fingerprint density at radius 1 is 1.16 bits per heavy atom. The van der Waals surface area contributed by atoms with Crippen molar-refractivity contribution < 1.29 is 27.5 Å². The number of anilines is 1. The Hall–Kier alpha value is -4.30. The van der Waals surface area contributed by atoms with E-state index in [0.29, 0.717) is 29.7 Å². The van der Waals surface area contributed by atoms with Crippen LogP contribution in [0.15, 0.2) is 46.8 Å². The summed E-state index contributed by atoms with van der Waals surface area (Å²) in [5.74, 6) is -0.657. The number of aromatic nitrogens is 3. The summed E-state index contributed by atoms with van der Waals surface area (Å²) in [5.41, 5.74) is -0.0599. The van der Waals surface area contributed by atoms with Gasteiger partial charge in [-0.3, -0.25) is 10.1 Å². The molecule has 1 aromatic carbocycles. The lowest BCUT2D eigenvalue weighted by Crippen LogP contribution is -2.34. The van der Waals surface area contributed by atoms with E-state index in [4.69, 9.17) is 4.74 Å². The zero-order valence-corrected chi connectivity index (χ0v) is 25.0. The van der Waals surface area contributed by atoms with Gasteiger partial charge in [0.05, 0.1) is 12.1 Å². The topological polar surface area (TPSA) is 118 Å². The van der Waals surface area contributed by atoms with Crippen molar-refractivity contribution in [1.82, 2.24) is 24.8 Å². The molecule has 43 heavy (non-hydrogen) atoms. The number of carbonyl (C=O) groups excluding carboxylic acids is 2. The first kappa shape index (κ1) is 31.6. The number of carbonyl (C=O) groups is 2. The van der Waals surface area contributed by atoms with Gasteiger partial charge in [-0.15, -0.1) is 11.3 Å². The highest BCUT2D eigenvalue weighted by Crippen LogP contribution is 2.39. The Morgan fingerprint density at radius 2 is 1.91 bits per heavy atom. The Kier molecular flexibility index (Phi) is 9.50. The molecule has 4 aromatic rings. The molecule has 0 unspecified atom stereocenters. The average molecular weight is 617 g/mol. The van der Waals surface area contributed by atoms with Gasteiger partial charge in [-0.05, 0) is 58.6 Å². The molecule has 0 bridgehead atoms. The number of urea groups is 1. The van der Waals surface area contributed by atoms with Gasteiger partial charge < -0.3 is 19.5 Å². The molecule has 0 radical (unpaired) electrons. The number of pyridine rings is 2. The first-order valence-corrected chi connectivity index (χ1v) is 14.3. The van der Waals surface area contributed by atoms with Gasteiger partial charge in [0.25, 0.3) is 0 Å². The van der Waals surface area contributed by atoms with E-state index < -0.39 is 29.3 Å². The predicted molar refractivity (Wildman–Crippen MR) is 159 cm³/mol. The normalized spacial score (nSPS) is 11.8. The van der Waals surface area contributed by atoms with Crippen molar-refractivity contribution in [2.75, 3.05) is 32.6 Å². The van der Waals surface area contributed by atoms with E-state index in [1.54, 1.807) is 43.5 Å². The lowest BCUT2D eigenvalue weighted by molar-refractivity contribution is -0.140. The summed E-state index contributed by atoms with van der Waals surface area (Å²) in [6.07, 6.45) is -1.77. The monoisotopic (exact) mass is 616 g/mol. The summed E-state index contributed by atoms with van der Waals surface area (Å²) in [5, 5.41) is 6.42. The van der Waals surface area contributed by atoms with Crippen LogP contribution in [0.3, 0.4) is 0 Å². The number of ether oxygens (including phenoxy) is 1. The molecule has 3 heterocycles. The van der Waals surface area contributed by atoms with Crippen LogP contribution >= 0.6 is 11.3 Å². The van der Waals surface area contributed by atoms with Gasteiger partial charge in [-0.25, -0.2) is 19.6 Å². The van der Waals surface area contributed by atoms with Gasteiger partial charge in [-0.1, -0.05) is 6.07 Å². The maximum Gasteiger partial charge on any atom is 0.434 e. The third kappa shape index (κ3) is 7.38. The molecule has 0 saturated heterocycles. The number of hydrogen-bond donors (Lipinski definition) is 2. The highest BCUT2D eigenvalue weighted by atomic mass is 32.1. The van der Waals surface area contributed by atoms with Crippen LogP contribution in [-0.4, -0.2) is 64.7 Å². The molecule has 0 aliphatic heterocycles. The van der Waals surface area contributed by atoms with Crippen molar-refractivity contribution >= 4 is 40.1 Å². The van der Waals surface area contributed by atoms with Crippen LogP contribution in [0.25, 0.3) is 32.6 Å². The second-order valence-corrected chi connectivity index (χ2v) is 11.1. The molecule has 0 aliphatic carbocycles. The summed E-state index contributed by atoms with van der Waals surface area (Å²) in [6.45, 7) is 6.38. The first-order valence-electron chi connectivity index (χ1n) is 13.4. The number of nitrogens with zero attached hydrogens (tertiary/aromatic N) is 4. The summed E-state index contributed by atoms with van der Waals surface area (Å²) in [7, 11) is 3.80. The molecule has 0 fully saturated rings. The smallest absolute Gasteiger partial charge is 0.434 e. The molecule has 4 rings (SSSR count). The van der Waals surface area contributed by atoms with E-state index in [1.165, 1.54) is 18.5 Å².